The predicted octanol–water partition coefficient (Wildman–Crippen LogP) is 15.0. The fourth-order valence-electron chi connectivity index (χ4n) is 7.59. The fourth-order valence-corrected chi connectivity index (χ4v) is 7.98. The number of hydrogen-bond acceptors (Lipinski definition) is 2. The molecule has 0 bridgehead atoms. The average Bonchev–Trinajstić information content (AvgIpc) is 3.21. The van der Waals surface area contributed by atoms with Crippen molar-refractivity contribution >= 4 is 71.6 Å². The summed E-state index contributed by atoms with van der Waals surface area (Å²) in [6, 6.07) is 76.1. The van der Waals surface area contributed by atoms with E-state index in [-0.39, 0.29) is 0 Å². The summed E-state index contributed by atoms with van der Waals surface area (Å²) < 4.78 is 1.02. The quantitative estimate of drug-likeness (QED) is 0.143. The van der Waals surface area contributed by atoms with Crippen LogP contribution in [0, 0.1) is 0 Å². The molecule has 0 atom stereocenters. The number of fused-ring (bicyclic) bond motifs is 2. The van der Waals surface area contributed by atoms with Crippen LogP contribution in [0.4, 0.5) is 34.1 Å². The molecule has 0 aromatic heterocycles. The summed E-state index contributed by atoms with van der Waals surface area (Å²) in [4.78, 5) is 4.72. The molecule has 2 nitrogen and oxygen atoms in total. The summed E-state index contributed by atoms with van der Waals surface area (Å²) >= 11 is 3.77. The molecule has 9 aromatic carbocycles. The van der Waals surface area contributed by atoms with E-state index in [0.717, 1.165) is 44.2 Å². The summed E-state index contributed by atoms with van der Waals surface area (Å²) in [5.74, 6) is 0. The third kappa shape index (κ3) is 6.26. The standard InChI is InChI=1S/C50H35BrN2/c51-38-20-17-27-42(34-38)53(41-25-11-4-12-26-41)44-33-37(32-43(35-44)52(39-21-7-2-8-22-39)40-23-9-3-10-24-40)50-47-30-15-13-28-45(47)49(36-18-5-1-6-19-36)46-29-14-16-31-48(46)50/h1-35H. The van der Waals surface area contributed by atoms with E-state index in [1.54, 1.807) is 0 Å². The topological polar surface area (TPSA) is 6.48 Å². The van der Waals surface area contributed by atoms with Crippen molar-refractivity contribution in [2.75, 3.05) is 9.80 Å². The number of rotatable bonds is 8. The molecule has 0 fully saturated rings. The Morgan fingerprint density at radius 3 is 1.06 bits per heavy atom. The second-order valence-electron chi connectivity index (χ2n) is 13.1. The third-order valence-electron chi connectivity index (χ3n) is 9.81. The van der Waals surface area contributed by atoms with Crippen molar-refractivity contribution in [2.45, 2.75) is 0 Å². The summed E-state index contributed by atoms with van der Waals surface area (Å²) in [7, 11) is 0. The molecule has 0 radical (unpaired) electrons. The van der Waals surface area contributed by atoms with Crippen molar-refractivity contribution in [1.82, 2.24) is 0 Å². The van der Waals surface area contributed by atoms with E-state index in [1.807, 2.05) is 0 Å². The zero-order chi connectivity index (χ0) is 35.6. The Labute approximate surface area is 319 Å². The Morgan fingerprint density at radius 1 is 0.264 bits per heavy atom. The zero-order valence-electron chi connectivity index (χ0n) is 29.0. The van der Waals surface area contributed by atoms with Gasteiger partial charge in [0.25, 0.3) is 0 Å². The van der Waals surface area contributed by atoms with Crippen molar-refractivity contribution in [1.29, 1.82) is 0 Å². The van der Waals surface area contributed by atoms with Crippen LogP contribution in [-0.4, -0.2) is 0 Å². The first-order chi connectivity index (χ1) is 26.2. The van der Waals surface area contributed by atoms with Crippen LogP contribution in [0.1, 0.15) is 0 Å². The first kappa shape index (κ1) is 32.5. The van der Waals surface area contributed by atoms with E-state index >= 15 is 0 Å². The highest BCUT2D eigenvalue weighted by Crippen LogP contribution is 2.48. The van der Waals surface area contributed by atoms with Crippen molar-refractivity contribution in [3.63, 3.8) is 0 Å². The predicted molar refractivity (Wildman–Crippen MR) is 229 cm³/mol. The van der Waals surface area contributed by atoms with E-state index in [9.17, 15) is 0 Å². The molecule has 53 heavy (non-hydrogen) atoms. The number of para-hydroxylation sites is 3. The minimum atomic E-state index is 1.02. The Bertz CT molecular complexity index is 2580. The van der Waals surface area contributed by atoms with Gasteiger partial charge in [-0.25, -0.2) is 0 Å². The van der Waals surface area contributed by atoms with Gasteiger partial charge in [-0.1, -0.05) is 155 Å². The largest absolute Gasteiger partial charge is 0.310 e. The maximum absolute atomic E-state index is 3.77. The van der Waals surface area contributed by atoms with Crippen LogP contribution in [0.2, 0.25) is 0 Å². The number of hydrogen-bond donors (Lipinski definition) is 0. The molecule has 0 unspecified atom stereocenters. The van der Waals surface area contributed by atoms with Crippen LogP contribution < -0.4 is 9.80 Å². The molecule has 0 aliphatic carbocycles. The summed E-state index contributed by atoms with van der Waals surface area (Å²) in [5.41, 5.74) is 11.2. The van der Waals surface area contributed by atoms with Crippen LogP contribution in [0.3, 0.4) is 0 Å². The molecular formula is C50H35BrN2. The van der Waals surface area contributed by atoms with Crippen LogP contribution in [0.25, 0.3) is 43.8 Å². The maximum Gasteiger partial charge on any atom is 0.0488 e. The second-order valence-corrected chi connectivity index (χ2v) is 14.0. The Balaban J connectivity index is 1.40. The lowest BCUT2D eigenvalue weighted by Crippen LogP contribution is -2.13. The maximum atomic E-state index is 3.77. The van der Waals surface area contributed by atoms with E-state index in [0.29, 0.717) is 0 Å². The highest BCUT2D eigenvalue weighted by atomic mass is 79.9. The summed E-state index contributed by atoms with van der Waals surface area (Å²) in [6.45, 7) is 0. The lowest BCUT2D eigenvalue weighted by Gasteiger charge is -2.30. The number of nitrogens with zero attached hydrogens (tertiary/aromatic N) is 2. The molecule has 0 saturated heterocycles. The molecule has 252 valence electrons. The van der Waals surface area contributed by atoms with Gasteiger partial charge in [0.05, 0.1) is 0 Å². The molecule has 0 saturated carbocycles. The average molecular weight is 744 g/mol. The second kappa shape index (κ2) is 14.3. The highest BCUT2D eigenvalue weighted by Gasteiger charge is 2.22. The van der Waals surface area contributed by atoms with Crippen LogP contribution in [0.5, 0.6) is 0 Å². The Kier molecular flexibility index (Phi) is 8.77. The van der Waals surface area contributed by atoms with Crippen molar-refractivity contribution in [2.24, 2.45) is 0 Å². The Hall–Kier alpha value is -6.42. The number of anilines is 6. The monoisotopic (exact) mass is 742 g/mol. The van der Waals surface area contributed by atoms with E-state index in [1.165, 1.54) is 38.2 Å². The lowest BCUT2D eigenvalue weighted by molar-refractivity contribution is 1.25. The minimum Gasteiger partial charge on any atom is -0.310 e. The van der Waals surface area contributed by atoms with Crippen molar-refractivity contribution < 1.29 is 0 Å². The van der Waals surface area contributed by atoms with Crippen LogP contribution >= 0.6 is 15.9 Å². The van der Waals surface area contributed by atoms with Gasteiger partial charge in [0, 0.05) is 38.6 Å². The first-order valence-corrected chi connectivity index (χ1v) is 18.7. The highest BCUT2D eigenvalue weighted by molar-refractivity contribution is 9.10. The molecule has 0 aliphatic heterocycles. The number of benzene rings is 9. The normalized spacial score (nSPS) is 11.1. The van der Waals surface area contributed by atoms with E-state index in [4.69, 9.17) is 0 Å². The molecule has 0 N–H and O–H groups in total. The minimum absolute atomic E-state index is 1.02. The van der Waals surface area contributed by atoms with Crippen molar-refractivity contribution in [3.05, 3.63) is 217 Å². The molecule has 0 aliphatic rings. The molecule has 9 aromatic rings. The van der Waals surface area contributed by atoms with E-state index < -0.39 is 0 Å². The SMILES string of the molecule is Brc1cccc(N(c2ccccc2)c2cc(-c3c4ccccc4c(-c4ccccc4)c4ccccc34)cc(N(c3ccccc3)c3ccccc3)c2)c1. The van der Waals surface area contributed by atoms with Gasteiger partial charge in [-0.3, -0.25) is 0 Å². The molecule has 0 spiro atoms. The van der Waals surface area contributed by atoms with E-state index in [2.05, 4.69) is 238 Å². The molecule has 3 heteroatoms. The van der Waals surface area contributed by atoms with Crippen LogP contribution in [-0.2, 0) is 0 Å². The van der Waals surface area contributed by atoms with Gasteiger partial charge in [-0.2, -0.15) is 0 Å². The fraction of sp³-hybridized carbons (Fsp3) is 0. The van der Waals surface area contributed by atoms with Gasteiger partial charge in [-0.15, -0.1) is 0 Å². The van der Waals surface area contributed by atoms with Gasteiger partial charge < -0.3 is 9.80 Å². The zero-order valence-corrected chi connectivity index (χ0v) is 30.6. The van der Waals surface area contributed by atoms with Gasteiger partial charge >= 0.3 is 0 Å². The first-order valence-electron chi connectivity index (χ1n) is 17.9. The van der Waals surface area contributed by atoms with Crippen molar-refractivity contribution in [3.8, 4) is 22.3 Å². The molecule has 0 heterocycles. The number of halogens is 1. The molecule has 0 amide bonds. The van der Waals surface area contributed by atoms with Gasteiger partial charge in [0.15, 0.2) is 0 Å². The lowest BCUT2D eigenvalue weighted by atomic mass is 9.85. The Morgan fingerprint density at radius 2 is 0.623 bits per heavy atom. The molecule has 9 rings (SSSR count). The van der Waals surface area contributed by atoms with Gasteiger partial charge in [0.2, 0.25) is 0 Å². The van der Waals surface area contributed by atoms with Gasteiger partial charge in [-0.05, 0) is 117 Å². The van der Waals surface area contributed by atoms with Crippen LogP contribution in [0.15, 0.2) is 217 Å². The smallest absolute Gasteiger partial charge is 0.0488 e. The summed E-state index contributed by atoms with van der Waals surface area (Å²) in [6.07, 6.45) is 0. The van der Waals surface area contributed by atoms with Gasteiger partial charge in [0.1, 0.15) is 0 Å². The molecular weight excluding hydrogens is 708 g/mol. The third-order valence-corrected chi connectivity index (χ3v) is 10.3. The summed E-state index contributed by atoms with van der Waals surface area (Å²) in [5, 5.41) is 4.89.